The lowest BCUT2D eigenvalue weighted by molar-refractivity contribution is -0.127. The zero-order valence-electron chi connectivity index (χ0n) is 15.0. The van der Waals surface area contributed by atoms with Crippen LogP contribution in [0.2, 0.25) is 0 Å². The van der Waals surface area contributed by atoms with Gasteiger partial charge in [0.05, 0.1) is 5.75 Å². The maximum absolute atomic E-state index is 12.3. The second-order valence-corrected chi connectivity index (χ2v) is 8.61. The molecule has 0 aliphatic heterocycles. The van der Waals surface area contributed by atoms with E-state index in [1.807, 2.05) is 7.05 Å². The van der Waals surface area contributed by atoms with E-state index in [0.29, 0.717) is 18.2 Å². The molecule has 2 aromatic heterocycles. The number of amides is 1. The largest absolute Gasteiger partial charge is 0.345 e. The third-order valence-electron chi connectivity index (χ3n) is 4.34. The average Bonchev–Trinajstić information content (AvgIpc) is 2.84. The number of fused-ring (bicyclic) bond motifs is 1. The van der Waals surface area contributed by atoms with Gasteiger partial charge >= 0.3 is 0 Å². The summed E-state index contributed by atoms with van der Waals surface area (Å²) >= 11 is 3.16. The van der Waals surface area contributed by atoms with E-state index in [0.717, 1.165) is 21.7 Å². The van der Waals surface area contributed by atoms with Gasteiger partial charge in [-0.05, 0) is 31.7 Å². The van der Waals surface area contributed by atoms with Gasteiger partial charge in [-0.3, -0.25) is 4.79 Å². The predicted molar refractivity (Wildman–Crippen MR) is 103 cm³/mol. The third-order valence-corrected chi connectivity index (χ3v) is 6.43. The number of aromatic nitrogens is 2. The van der Waals surface area contributed by atoms with Gasteiger partial charge in [0, 0.05) is 29.9 Å². The number of hydrogen-bond donors (Lipinski definition) is 1. The number of hydrogen-bond acceptors (Lipinski definition) is 6. The van der Waals surface area contributed by atoms with Crippen molar-refractivity contribution in [3.05, 3.63) is 16.8 Å². The van der Waals surface area contributed by atoms with Crippen LogP contribution >= 0.6 is 23.1 Å². The smallest absolute Gasteiger partial charge is 0.232 e. The van der Waals surface area contributed by atoms with E-state index in [9.17, 15) is 4.79 Å². The van der Waals surface area contributed by atoms with Crippen LogP contribution in [0.5, 0.6) is 0 Å². The number of nitrogens with zero attached hydrogens (tertiary/aromatic N) is 3. The summed E-state index contributed by atoms with van der Waals surface area (Å²) in [6.45, 7) is 9.08. The van der Waals surface area contributed by atoms with E-state index in [-0.39, 0.29) is 11.9 Å². The zero-order chi connectivity index (χ0) is 17.9. The molecule has 2 heterocycles. The summed E-state index contributed by atoms with van der Waals surface area (Å²) in [5.41, 5.74) is 7.26. The molecule has 0 saturated heterocycles. The Labute approximate surface area is 152 Å². The number of carbonyl (C=O) groups excluding carboxylic acids is 1. The van der Waals surface area contributed by atoms with Gasteiger partial charge in [-0.25, -0.2) is 9.97 Å². The van der Waals surface area contributed by atoms with Crippen LogP contribution < -0.4 is 5.73 Å². The van der Waals surface area contributed by atoms with Crippen molar-refractivity contribution in [2.24, 2.45) is 11.7 Å². The maximum atomic E-state index is 12.3. The van der Waals surface area contributed by atoms with Gasteiger partial charge in [0.2, 0.25) is 5.91 Å². The zero-order valence-corrected chi connectivity index (χ0v) is 16.6. The Hall–Kier alpha value is -1.18. The molecule has 0 aromatic carbocycles. The van der Waals surface area contributed by atoms with Gasteiger partial charge < -0.3 is 10.6 Å². The minimum absolute atomic E-state index is 0.104. The van der Waals surface area contributed by atoms with E-state index in [1.54, 1.807) is 22.6 Å². The summed E-state index contributed by atoms with van der Waals surface area (Å²) in [7, 11) is 1.84. The molecule has 2 N–H and O–H groups in total. The van der Waals surface area contributed by atoms with E-state index in [4.69, 9.17) is 5.73 Å². The molecular weight excluding hydrogens is 340 g/mol. The molecule has 5 nitrogen and oxygen atoms in total. The molecular formula is C17H26N4OS2. The van der Waals surface area contributed by atoms with Gasteiger partial charge in [0.1, 0.15) is 16.2 Å². The minimum Gasteiger partial charge on any atom is -0.345 e. The van der Waals surface area contributed by atoms with E-state index in [2.05, 4.69) is 37.7 Å². The number of aryl methyl sites for hydroxylation is 2. The summed E-state index contributed by atoms with van der Waals surface area (Å²) in [4.78, 5) is 25.1. The molecule has 1 atom stereocenters. The number of thiophene rings is 1. The highest BCUT2D eigenvalue weighted by Crippen LogP contribution is 2.34. The molecule has 0 aliphatic carbocycles. The van der Waals surface area contributed by atoms with Gasteiger partial charge in [0.15, 0.2) is 0 Å². The van der Waals surface area contributed by atoms with Gasteiger partial charge in [-0.15, -0.1) is 11.3 Å². The Balaban J connectivity index is 1.97. The summed E-state index contributed by atoms with van der Waals surface area (Å²) in [5, 5.41) is 1.98. The topological polar surface area (TPSA) is 72.1 Å². The first-order valence-corrected chi connectivity index (χ1v) is 9.94. The van der Waals surface area contributed by atoms with Crippen molar-refractivity contribution in [2.45, 2.75) is 45.2 Å². The number of nitrogens with two attached hydrogens (primary N) is 1. The summed E-state index contributed by atoms with van der Waals surface area (Å²) < 4.78 is 0. The van der Waals surface area contributed by atoms with Crippen LogP contribution in [0.15, 0.2) is 11.4 Å². The van der Waals surface area contributed by atoms with Crippen molar-refractivity contribution in [3.8, 4) is 0 Å². The Morgan fingerprint density at radius 1 is 1.38 bits per heavy atom. The van der Waals surface area contributed by atoms with E-state index in [1.165, 1.54) is 22.2 Å². The Morgan fingerprint density at radius 3 is 2.75 bits per heavy atom. The number of rotatable bonds is 7. The fraction of sp³-hybridized carbons (Fsp3) is 0.588. The Kier molecular flexibility index (Phi) is 6.60. The normalized spacial score (nSPS) is 12.8. The van der Waals surface area contributed by atoms with E-state index >= 15 is 0 Å². The molecule has 1 amide bonds. The lowest BCUT2D eigenvalue weighted by Crippen LogP contribution is -2.35. The summed E-state index contributed by atoms with van der Waals surface area (Å²) in [6, 6.07) is 0.130. The van der Waals surface area contributed by atoms with Gasteiger partial charge in [0.25, 0.3) is 0 Å². The van der Waals surface area contributed by atoms with Crippen molar-refractivity contribution in [3.63, 3.8) is 0 Å². The van der Waals surface area contributed by atoms with Gasteiger partial charge in [-0.2, -0.15) is 0 Å². The highest BCUT2D eigenvalue weighted by molar-refractivity contribution is 8.00. The molecule has 0 radical (unpaired) electrons. The third kappa shape index (κ3) is 4.46. The van der Waals surface area contributed by atoms with Crippen LogP contribution in [-0.4, -0.2) is 46.2 Å². The lowest BCUT2D eigenvalue weighted by Gasteiger charge is -2.21. The highest BCUT2D eigenvalue weighted by Gasteiger charge is 2.16. The second-order valence-electron chi connectivity index (χ2n) is 6.44. The summed E-state index contributed by atoms with van der Waals surface area (Å²) in [5.74, 6) is 0.919. The summed E-state index contributed by atoms with van der Waals surface area (Å²) in [6.07, 6.45) is 2.40. The van der Waals surface area contributed by atoms with Crippen LogP contribution in [0.3, 0.4) is 0 Å². The molecule has 24 heavy (non-hydrogen) atoms. The highest BCUT2D eigenvalue weighted by atomic mass is 32.2. The van der Waals surface area contributed by atoms with Crippen LogP contribution in [0.1, 0.15) is 30.7 Å². The van der Waals surface area contributed by atoms with Gasteiger partial charge in [-0.1, -0.05) is 25.6 Å². The first-order valence-electron chi connectivity index (χ1n) is 8.14. The van der Waals surface area contributed by atoms with Crippen molar-refractivity contribution in [1.82, 2.24) is 14.9 Å². The molecule has 2 rings (SSSR count). The van der Waals surface area contributed by atoms with Crippen LogP contribution in [0.4, 0.5) is 0 Å². The molecule has 2 aromatic rings. The molecule has 0 saturated carbocycles. The van der Waals surface area contributed by atoms with E-state index < -0.39 is 0 Å². The minimum atomic E-state index is 0.104. The Morgan fingerprint density at radius 2 is 2.08 bits per heavy atom. The fourth-order valence-electron chi connectivity index (χ4n) is 2.30. The molecule has 0 fully saturated rings. The van der Waals surface area contributed by atoms with Crippen LogP contribution in [-0.2, 0) is 4.79 Å². The molecule has 0 aliphatic rings. The quantitative estimate of drug-likeness (QED) is 0.602. The average molecular weight is 367 g/mol. The molecule has 0 spiro atoms. The number of carbonyl (C=O) groups is 1. The first kappa shape index (κ1) is 19.1. The molecule has 7 heteroatoms. The van der Waals surface area contributed by atoms with Crippen molar-refractivity contribution >= 4 is 39.2 Å². The first-order chi connectivity index (χ1) is 11.3. The van der Waals surface area contributed by atoms with Crippen LogP contribution in [0, 0.1) is 19.8 Å². The lowest BCUT2D eigenvalue weighted by atomic mass is 10.0. The van der Waals surface area contributed by atoms with Crippen molar-refractivity contribution < 1.29 is 4.79 Å². The monoisotopic (exact) mass is 366 g/mol. The van der Waals surface area contributed by atoms with Crippen molar-refractivity contribution in [1.29, 1.82) is 0 Å². The van der Waals surface area contributed by atoms with Crippen molar-refractivity contribution in [2.75, 3.05) is 19.3 Å². The molecule has 1 unspecified atom stereocenters. The maximum Gasteiger partial charge on any atom is 0.232 e. The second kappa shape index (κ2) is 8.27. The number of thioether (sulfide) groups is 1. The SMILES string of the molecule is Cc1sc2ncnc(SCC(=O)N(C)CCC(N)C(C)C)c2c1C. The predicted octanol–water partition coefficient (Wildman–Crippen LogP) is 3.23. The Bertz CT molecular complexity index is 714. The standard InChI is InChI=1S/C17H26N4OS2/c1-10(2)13(18)6-7-21(5)14(22)8-23-16-15-11(3)12(4)24-17(15)20-9-19-16/h9-10,13H,6-8,18H2,1-5H3. The fourth-order valence-corrected chi connectivity index (χ4v) is 4.36. The molecule has 132 valence electrons. The molecule has 0 bridgehead atoms. The van der Waals surface area contributed by atoms with Crippen LogP contribution in [0.25, 0.3) is 10.2 Å².